The fourth-order valence-corrected chi connectivity index (χ4v) is 2.07. The molecule has 0 aromatic rings. The standard InChI is InChI=1S/C13H24N4O3/c1-4-10(2)14-13(20)15-12(19)9-16-5-7-17(8-6-16)11(3)18/h10H,4-9H2,1-3H3,(H2,14,15,19,20)/p+1/t10-/m0/s1. The molecule has 1 aliphatic heterocycles. The van der Waals surface area contributed by atoms with Crippen LogP contribution in [-0.4, -0.2) is 61.5 Å². The summed E-state index contributed by atoms with van der Waals surface area (Å²) in [7, 11) is 0. The summed E-state index contributed by atoms with van der Waals surface area (Å²) < 4.78 is 0. The molecule has 1 aliphatic rings. The number of carbonyl (C=O) groups is 3. The highest BCUT2D eigenvalue weighted by Gasteiger charge is 2.24. The van der Waals surface area contributed by atoms with E-state index < -0.39 is 6.03 Å². The highest BCUT2D eigenvalue weighted by atomic mass is 16.2. The maximum atomic E-state index is 11.7. The largest absolute Gasteiger partial charge is 0.335 e. The van der Waals surface area contributed by atoms with Gasteiger partial charge in [-0.25, -0.2) is 4.79 Å². The van der Waals surface area contributed by atoms with E-state index in [0.29, 0.717) is 13.1 Å². The first-order valence-electron chi connectivity index (χ1n) is 7.11. The van der Waals surface area contributed by atoms with Crippen molar-refractivity contribution in [1.29, 1.82) is 0 Å². The Morgan fingerprint density at radius 3 is 2.35 bits per heavy atom. The minimum atomic E-state index is -0.439. The van der Waals surface area contributed by atoms with Gasteiger partial charge in [0.15, 0.2) is 6.54 Å². The second kappa shape index (κ2) is 7.84. The Labute approximate surface area is 119 Å². The maximum absolute atomic E-state index is 11.7. The lowest BCUT2D eigenvalue weighted by Gasteiger charge is -2.31. The van der Waals surface area contributed by atoms with Crippen molar-refractivity contribution in [3.63, 3.8) is 0 Å². The highest BCUT2D eigenvalue weighted by molar-refractivity contribution is 5.94. The Morgan fingerprint density at radius 2 is 1.85 bits per heavy atom. The molecule has 1 rings (SSSR count). The lowest BCUT2D eigenvalue weighted by molar-refractivity contribution is -0.896. The molecule has 0 saturated carbocycles. The molecule has 1 atom stereocenters. The topological polar surface area (TPSA) is 82.9 Å². The van der Waals surface area contributed by atoms with Crippen molar-refractivity contribution >= 4 is 17.8 Å². The molecule has 0 spiro atoms. The summed E-state index contributed by atoms with van der Waals surface area (Å²) in [5.74, 6) is -0.210. The summed E-state index contributed by atoms with van der Waals surface area (Å²) in [4.78, 5) is 37.3. The maximum Gasteiger partial charge on any atom is 0.321 e. The molecular formula is C13H25N4O3+. The van der Waals surface area contributed by atoms with Crippen molar-refractivity contribution in [3.05, 3.63) is 0 Å². The van der Waals surface area contributed by atoms with Crippen LogP contribution < -0.4 is 15.5 Å². The fraction of sp³-hybridized carbons (Fsp3) is 0.769. The number of quaternary nitrogens is 1. The van der Waals surface area contributed by atoms with E-state index in [1.165, 1.54) is 0 Å². The van der Waals surface area contributed by atoms with E-state index in [9.17, 15) is 14.4 Å². The third-order valence-corrected chi connectivity index (χ3v) is 3.57. The van der Waals surface area contributed by atoms with Gasteiger partial charge < -0.3 is 15.1 Å². The molecule has 1 heterocycles. The van der Waals surface area contributed by atoms with Crippen molar-refractivity contribution in [1.82, 2.24) is 15.5 Å². The van der Waals surface area contributed by atoms with Crippen LogP contribution in [0.4, 0.5) is 4.79 Å². The van der Waals surface area contributed by atoms with Crippen LogP contribution in [0.3, 0.4) is 0 Å². The van der Waals surface area contributed by atoms with Gasteiger partial charge in [0.05, 0.1) is 26.2 Å². The van der Waals surface area contributed by atoms with Crippen LogP contribution in [0.5, 0.6) is 0 Å². The van der Waals surface area contributed by atoms with Gasteiger partial charge in [-0.3, -0.25) is 14.9 Å². The van der Waals surface area contributed by atoms with Gasteiger partial charge in [-0.15, -0.1) is 0 Å². The number of hydrogen-bond acceptors (Lipinski definition) is 3. The molecule has 0 radical (unpaired) electrons. The summed E-state index contributed by atoms with van der Waals surface area (Å²) in [5.41, 5.74) is 0. The first kappa shape index (κ1) is 16.4. The summed E-state index contributed by atoms with van der Waals surface area (Å²) in [5, 5.41) is 5.02. The van der Waals surface area contributed by atoms with Crippen LogP contribution >= 0.6 is 0 Å². The second-order valence-electron chi connectivity index (χ2n) is 5.26. The number of amides is 4. The number of hydrogen-bond donors (Lipinski definition) is 3. The molecule has 0 aliphatic carbocycles. The van der Waals surface area contributed by atoms with Gasteiger partial charge >= 0.3 is 6.03 Å². The van der Waals surface area contributed by atoms with Gasteiger partial charge in [0.1, 0.15) is 0 Å². The number of rotatable bonds is 4. The van der Waals surface area contributed by atoms with E-state index in [1.54, 1.807) is 11.8 Å². The van der Waals surface area contributed by atoms with Gasteiger partial charge in [0.25, 0.3) is 5.91 Å². The molecule has 7 nitrogen and oxygen atoms in total. The Morgan fingerprint density at radius 1 is 1.25 bits per heavy atom. The van der Waals surface area contributed by atoms with Gasteiger partial charge in [-0.2, -0.15) is 0 Å². The third-order valence-electron chi connectivity index (χ3n) is 3.57. The van der Waals surface area contributed by atoms with Crippen LogP contribution in [-0.2, 0) is 9.59 Å². The molecule has 114 valence electrons. The summed E-state index contributed by atoms with van der Waals surface area (Å²) >= 11 is 0. The Balaban J connectivity index is 2.26. The second-order valence-corrected chi connectivity index (χ2v) is 5.26. The van der Waals surface area contributed by atoms with Crippen molar-refractivity contribution < 1.29 is 19.3 Å². The zero-order valence-corrected chi connectivity index (χ0v) is 12.5. The quantitative estimate of drug-likeness (QED) is 0.579. The van der Waals surface area contributed by atoms with E-state index in [-0.39, 0.29) is 24.4 Å². The first-order chi connectivity index (χ1) is 9.42. The van der Waals surface area contributed by atoms with E-state index >= 15 is 0 Å². The third kappa shape index (κ3) is 5.56. The number of piperazine rings is 1. The molecule has 20 heavy (non-hydrogen) atoms. The predicted octanol–water partition coefficient (Wildman–Crippen LogP) is -1.64. The van der Waals surface area contributed by atoms with Crippen molar-refractivity contribution in [3.8, 4) is 0 Å². The fourth-order valence-electron chi connectivity index (χ4n) is 2.07. The van der Waals surface area contributed by atoms with Crippen molar-refractivity contribution in [2.75, 3.05) is 32.7 Å². The normalized spacial score (nSPS) is 17.4. The smallest absolute Gasteiger partial charge is 0.321 e. The van der Waals surface area contributed by atoms with Crippen molar-refractivity contribution in [2.45, 2.75) is 33.2 Å². The Hall–Kier alpha value is -1.63. The Bertz CT molecular complexity index is 365. The molecule has 1 saturated heterocycles. The summed E-state index contributed by atoms with van der Waals surface area (Å²) in [6.45, 7) is 8.46. The predicted molar refractivity (Wildman–Crippen MR) is 74.2 cm³/mol. The van der Waals surface area contributed by atoms with Crippen molar-refractivity contribution in [2.24, 2.45) is 0 Å². The molecule has 0 bridgehead atoms. The SMILES string of the molecule is CC[C@H](C)NC(=O)NC(=O)C[NH+]1CCN(C(C)=O)CC1. The first-order valence-corrected chi connectivity index (χ1v) is 7.11. The molecule has 1 fully saturated rings. The molecule has 4 amide bonds. The zero-order valence-electron chi connectivity index (χ0n) is 12.5. The zero-order chi connectivity index (χ0) is 15.1. The number of nitrogens with zero attached hydrogens (tertiary/aromatic N) is 1. The molecule has 0 aromatic carbocycles. The number of imide groups is 1. The van der Waals surface area contributed by atoms with Gasteiger partial charge in [-0.1, -0.05) is 6.92 Å². The average Bonchev–Trinajstić information content (AvgIpc) is 2.38. The minimum Gasteiger partial charge on any atom is -0.335 e. The van der Waals surface area contributed by atoms with Crippen LogP contribution in [0.2, 0.25) is 0 Å². The number of urea groups is 1. The van der Waals surface area contributed by atoms with Crippen LogP contribution in [0.1, 0.15) is 27.2 Å². The minimum absolute atomic E-state index is 0.0502. The highest BCUT2D eigenvalue weighted by Crippen LogP contribution is 1.89. The van der Waals surface area contributed by atoms with Crippen LogP contribution in [0.25, 0.3) is 0 Å². The number of nitrogens with one attached hydrogen (secondary N) is 3. The molecule has 7 heteroatoms. The molecule has 0 unspecified atom stereocenters. The molecule has 3 N–H and O–H groups in total. The molecule has 0 aromatic heterocycles. The van der Waals surface area contributed by atoms with E-state index in [0.717, 1.165) is 24.4 Å². The lowest BCUT2D eigenvalue weighted by Crippen LogP contribution is -3.15. The van der Waals surface area contributed by atoms with Crippen LogP contribution in [0.15, 0.2) is 0 Å². The monoisotopic (exact) mass is 285 g/mol. The van der Waals surface area contributed by atoms with Gasteiger partial charge in [-0.05, 0) is 13.3 Å². The molecular weight excluding hydrogens is 260 g/mol. The van der Waals surface area contributed by atoms with E-state index in [2.05, 4.69) is 10.6 Å². The summed E-state index contributed by atoms with van der Waals surface area (Å²) in [6, 6.07) is -0.389. The van der Waals surface area contributed by atoms with Crippen LogP contribution in [0, 0.1) is 0 Å². The Kier molecular flexibility index (Phi) is 6.44. The van der Waals surface area contributed by atoms with E-state index in [1.807, 2.05) is 13.8 Å². The van der Waals surface area contributed by atoms with Gasteiger partial charge in [0.2, 0.25) is 5.91 Å². The van der Waals surface area contributed by atoms with Gasteiger partial charge in [0, 0.05) is 13.0 Å². The summed E-state index contributed by atoms with van der Waals surface area (Å²) in [6.07, 6.45) is 0.819. The van der Waals surface area contributed by atoms with E-state index in [4.69, 9.17) is 0 Å². The lowest BCUT2D eigenvalue weighted by atomic mass is 10.3. The average molecular weight is 285 g/mol. The number of carbonyl (C=O) groups excluding carboxylic acids is 3.